The first-order valence-electron chi connectivity index (χ1n) is 6.95. The van der Waals surface area contributed by atoms with E-state index in [0.717, 1.165) is 23.0 Å². The first-order chi connectivity index (χ1) is 10.6. The molecule has 0 aliphatic rings. The van der Waals surface area contributed by atoms with Gasteiger partial charge in [0.05, 0.1) is 12.4 Å². The van der Waals surface area contributed by atoms with E-state index in [1.165, 1.54) is 0 Å². The first-order valence-corrected chi connectivity index (χ1v) is 6.95. The van der Waals surface area contributed by atoms with Gasteiger partial charge >= 0.3 is 0 Å². The average Bonchev–Trinajstić information content (AvgIpc) is 2.96. The summed E-state index contributed by atoms with van der Waals surface area (Å²) in [6.45, 7) is 2.47. The van der Waals surface area contributed by atoms with Crippen molar-refractivity contribution < 1.29 is 5.11 Å². The van der Waals surface area contributed by atoms with E-state index >= 15 is 0 Å². The minimum absolute atomic E-state index is 0.281. The molecular weight excluding hydrogens is 278 g/mol. The van der Waals surface area contributed by atoms with Crippen LogP contribution >= 0.6 is 0 Å². The fourth-order valence-electron chi connectivity index (χ4n) is 2.25. The quantitative estimate of drug-likeness (QED) is 0.800. The highest BCUT2D eigenvalue weighted by Gasteiger charge is 2.09. The normalized spacial score (nSPS) is 10.6. The molecule has 1 N–H and O–H groups in total. The van der Waals surface area contributed by atoms with Gasteiger partial charge in [0, 0.05) is 31.5 Å². The van der Waals surface area contributed by atoms with Gasteiger partial charge in [-0.15, -0.1) is 0 Å². The highest BCUT2D eigenvalue weighted by atomic mass is 16.3. The maximum absolute atomic E-state index is 9.87. The van der Waals surface area contributed by atoms with Crippen LogP contribution in [0.15, 0.2) is 49.1 Å². The van der Waals surface area contributed by atoms with E-state index in [2.05, 4.69) is 15.0 Å². The van der Waals surface area contributed by atoms with Crippen LogP contribution < -0.4 is 4.90 Å². The van der Waals surface area contributed by atoms with E-state index in [1.807, 2.05) is 41.8 Å². The number of phenolic OH excluding ortho intramolecular Hbond substituents is 1. The van der Waals surface area contributed by atoms with Gasteiger partial charge in [0.2, 0.25) is 0 Å². The van der Waals surface area contributed by atoms with Gasteiger partial charge < -0.3 is 10.0 Å². The first kappa shape index (κ1) is 14.1. The molecule has 112 valence electrons. The molecule has 22 heavy (non-hydrogen) atoms. The molecule has 0 saturated carbocycles. The Kier molecular flexibility index (Phi) is 3.74. The highest BCUT2D eigenvalue weighted by Crippen LogP contribution is 2.20. The maximum Gasteiger partial charge on any atom is 0.159 e. The number of imidazole rings is 1. The van der Waals surface area contributed by atoms with Crippen molar-refractivity contribution in [3.63, 3.8) is 0 Å². The third kappa shape index (κ3) is 2.76. The van der Waals surface area contributed by atoms with E-state index in [4.69, 9.17) is 0 Å². The molecule has 0 saturated heterocycles. The van der Waals surface area contributed by atoms with Crippen LogP contribution in [-0.4, -0.2) is 31.7 Å². The Morgan fingerprint density at radius 2 is 2.05 bits per heavy atom. The van der Waals surface area contributed by atoms with Crippen LogP contribution in [0.1, 0.15) is 11.4 Å². The number of benzene rings is 1. The van der Waals surface area contributed by atoms with E-state index in [9.17, 15) is 5.11 Å². The molecule has 0 aliphatic heterocycles. The zero-order valence-electron chi connectivity index (χ0n) is 12.5. The molecule has 0 amide bonds. The molecule has 0 aliphatic carbocycles. The Bertz CT molecular complexity index is 783. The Balaban J connectivity index is 1.86. The number of aryl methyl sites for hydroxylation is 1. The summed E-state index contributed by atoms with van der Waals surface area (Å²) in [5.74, 6) is 2.59. The van der Waals surface area contributed by atoms with Gasteiger partial charge in [0.1, 0.15) is 17.4 Å². The van der Waals surface area contributed by atoms with Crippen molar-refractivity contribution in [1.82, 2.24) is 19.5 Å². The molecule has 1 aromatic carbocycles. The molecule has 6 nitrogen and oxygen atoms in total. The van der Waals surface area contributed by atoms with Crippen LogP contribution in [0.25, 0.3) is 5.82 Å². The molecule has 3 aromatic rings. The molecular formula is C16H17N5O. The minimum Gasteiger partial charge on any atom is -0.508 e. The number of anilines is 1. The lowest BCUT2D eigenvalue weighted by Gasteiger charge is -2.19. The van der Waals surface area contributed by atoms with Gasteiger partial charge in [-0.05, 0) is 13.0 Å². The Morgan fingerprint density at radius 3 is 2.77 bits per heavy atom. The summed E-state index contributed by atoms with van der Waals surface area (Å²) in [4.78, 5) is 15.0. The summed E-state index contributed by atoms with van der Waals surface area (Å²) < 4.78 is 1.88. The zero-order chi connectivity index (χ0) is 15.5. The van der Waals surface area contributed by atoms with Crippen LogP contribution in [-0.2, 0) is 6.54 Å². The van der Waals surface area contributed by atoms with Crippen molar-refractivity contribution in [2.75, 3.05) is 11.9 Å². The van der Waals surface area contributed by atoms with Crippen molar-refractivity contribution in [2.24, 2.45) is 0 Å². The Hall–Kier alpha value is -2.89. The second kappa shape index (κ2) is 5.85. The van der Waals surface area contributed by atoms with Gasteiger partial charge in [0.25, 0.3) is 0 Å². The number of hydrogen-bond acceptors (Lipinski definition) is 5. The topological polar surface area (TPSA) is 67.1 Å². The van der Waals surface area contributed by atoms with Crippen molar-refractivity contribution in [3.8, 4) is 11.6 Å². The monoisotopic (exact) mass is 295 g/mol. The number of nitrogens with zero attached hydrogens (tertiary/aromatic N) is 5. The largest absolute Gasteiger partial charge is 0.508 e. The van der Waals surface area contributed by atoms with Gasteiger partial charge in [0.15, 0.2) is 5.82 Å². The summed E-state index contributed by atoms with van der Waals surface area (Å²) >= 11 is 0. The van der Waals surface area contributed by atoms with E-state index in [1.54, 1.807) is 30.7 Å². The molecule has 0 unspecified atom stereocenters. The minimum atomic E-state index is 0.281. The summed E-state index contributed by atoms with van der Waals surface area (Å²) in [6, 6.07) is 7.28. The van der Waals surface area contributed by atoms with Gasteiger partial charge in [-0.2, -0.15) is 0 Å². The molecule has 0 radical (unpaired) electrons. The third-order valence-electron chi connectivity index (χ3n) is 3.47. The Labute approximate surface area is 128 Å². The van der Waals surface area contributed by atoms with Crippen LogP contribution in [0.5, 0.6) is 5.75 Å². The highest BCUT2D eigenvalue weighted by molar-refractivity contribution is 5.42. The van der Waals surface area contributed by atoms with Crippen LogP contribution in [0.3, 0.4) is 0 Å². The Morgan fingerprint density at radius 1 is 1.23 bits per heavy atom. The summed E-state index contributed by atoms with van der Waals surface area (Å²) in [5.41, 5.74) is 0.844. The van der Waals surface area contributed by atoms with E-state index in [-0.39, 0.29) is 5.75 Å². The fraction of sp³-hybridized carbons (Fsp3) is 0.188. The number of rotatable bonds is 4. The number of para-hydroxylation sites is 1. The van der Waals surface area contributed by atoms with Crippen LogP contribution in [0.4, 0.5) is 5.82 Å². The number of aromatic hydroxyl groups is 1. The number of phenols is 1. The molecule has 2 aromatic heterocycles. The van der Waals surface area contributed by atoms with Gasteiger partial charge in [-0.25, -0.2) is 9.97 Å². The SMILES string of the molecule is Cc1nccn1-c1cncc(N(C)Cc2ccccc2O)n1. The zero-order valence-corrected chi connectivity index (χ0v) is 12.5. The van der Waals surface area contributed by atoms with Gasteiger partial charge in [-0.1, -0.05) is 18.2 Å². The van der Waals surface area contributed by atoms with E-state index < -0.39 is 0 Å². The van der Waals surface area contributed by atoms with Crippen LogP contribution in [0.2, 0.25) is 0 Å². The smallest absolute Gasteiger partial charge is 0.159 e. The lowest BCUT2D eigenvalue weighted by Crippen LogP contribution is -2.18. The summed E-state index contributed by atoms with van der Waals surface area (Å²) in [5, 5.41) is 9.87. The second-order valence-corrected chi connectivity index (χ2v) is 5.06. The lowest BCUT2D eigenvalue weighted by molar-refractivity contribution is 0.467. The lowest BCUT2D eigenvalue weighted by atomic mass is 10.2. The molecule has 2 heterocycles. The third-order valence-corrected chi connectivity index (χ3v) is 3.47. The average molecular weight is 295 g/mol. The van der Waals surface area contributed by atoms with Crippen molar-refractivity contribution in [1.29, 1.82) is 0 Å². The van der Waals surface area contributed by atoms with Gasteiger partial charge in [-0.3, -0.25) is 9.55 Å². The van der Waals surface area contributed by atoms with E-state index in [0.29, 0.717) is 6.54 Å². The standard InChI is InChI=1S/C16H17N5O/c1-12-18-7-8-21(12)16-10-17-9-15(19-16)20(2)11-13-5-3-4-6-14(13)22/h3-10,22H,11H2,1-2H3. The molecule has 0 bridgehead atoms. The second-order valence-electron chi connectivity index (χ2n) is 5.06. The number of hydrogen-bond donors (Lipinski definition) is 1. The molecule has 0 atom stereocenters. The number of aromatic nitrogens is 4. The summed E-state index contributed by atoms with van der Waals surface area (Å²) in [6.07, 6.45) is 6.99. The molecule has 0 spiro atoms. The van der Waals surface area contributed by atoms with Crippen molar-refractivity contribution in [3.05, 3.63) is 60.4 Å². The summed E-state index contributed by atoms with van der Waals surface area (Å²) in [7, 11) is 1.92. The predicted molar refractivity (Wildman–Crippen MR) is 84.1 cm³/mol. The van der Waals surface area contributed by atoms with Crippen molar-refractivity contribution >= 4 is 5.82 Å². The maximum atomic E-state index is 9.87. The van der Waals surface area contributed by atoms with Crippen molar-refractivity contribution in [2.45, 2.75) is 13.5 Å². The van der Waals surface area contributed by atoms with Crippen LogP contribution in [0, 0.1) is 6.92 Å². The molecule has 6 heteroatoms. The predicted octanol–water partition coefficient (Wildman–Crippen LogP) is 2.31. The molecule has 0 fully saturated rings. The fourth-order valence-corrected chi connectivity index (χ4v) is 2.25. The molecule has 3 rings (SSSR count).